The minimum Gasteiger partial charge on any atom is -0.481 e. The summed E-state index contributed by atoms with van der Waals surface area (Å²) in [7, 11) is 0. The summed E-state index contributed by atoms with van der Waals surface area (Å²) in [5.41, 5.74) is 4.84. The fraction of sp³-hybridized carbons (Fsp3) is 0.238. The van der Waals surface area contributed by atoms with Gasteiger partial charge >= 0.3 is 11.6 Å². The van der Waals surface area contributed by atoms with Gasteiger partial charge < -0.3 is 14.8 Å². The van der Waals surface area contributed by atoms with E-state index in [0.29, 0.717) is 11.3 Å². The van der Waals surface area contributed by atoms with Gasteiger partial charge in [0.2, 0.25) is 0 Å². The molecule has 0 spiro atoms. The maximum atomic E-state index is 12.1. The minimum atomic E-state index is -0.866. The standard InChI is InChI=1S/C21H21NO4/c1-12-5-4-6-13(2)21(12)17-11-20(25)26-18-10-15(7-8-16(17)18)22-14(3)9-19(23)24/h4-8,10-11,14,22H,9H2,1-3H3,(H,23,24)/t14-/m0/s1. The van der Waals surface area contributed by atoms with E-state index in [1.165, 1.54) is 6.07 Å². The van der Waals surface area contributed by atoms with E-state index in [9.17, 15) is 9.59 Å². The van der Waals surface area contributed by atoms with Gasteiger partial charge in [-0.2, -0.15) is 0 Å². The highest BCUT2D eigenvalue weighted by atomic mass is 16.4. The SMILES string of the molecule is Cc1cccc(C)c1-c1cc(=O)oc2cc(N[C@@H](C)CC(=O)O)ccc12. The lowest BCUT2D eigenvalue weighted by Gasteiger charge is -2.15. The van der Waals surface area contributed by atoms with Crippen molar-refractivity contribution in [2.45, 2.75) is 33.2 Å². The summed E-state index contributed by atoms with van der Waals surface area (Å²) in [5.74, 6) is -0.866. The van der Waals surface area contributed by atoms with Crippen LogP contribution < -0.4 is 10.9 Å². The summed E-state index contributed by atoms with van der Waals surface area (Å²) in [5, 5.41) is 12.9. The van der Waals surface area contributed by atoms with Crippen LogP contribution in [-0.2, 0) is 4.79 Å². The molecule has 1 heterocycles. The molecule has 0 aliphatic heterocycles. The second-order valence-electron chi connectivity index (χ2n) is 6.60. The van der Waals surface area contributed by atoms with Crippen LogP contribution in [0.15, 0.2) is 51.7 Å². The number of aryl methyl sites for hydroxylation is 2. The number of hydrogen-bond acceptors (Lipinski definition) is 4. The number of carbonyl (C=O) groups is 1. The summed E-state index contributed by atoms with van der Waals surface area (Å²) in [6.07, 6.45) is 0.00439. The van der Waals surface area contributed by atoms with Crippen LogP contribution >= 0.6 is 0 Å². The normalized spacial score (nSPS) is 12.1. The number of carboxylic acids is 1. The molecule has 3 rings (SSSR count). The van der Waals surface area contributed by atoms with Crippen molar-refractivity contribution in [3.63, 3.8) is 0 Å². The Hall–Kier alpha value is -3.08. The largest absolute Gasteiger partial charge is 0.481 e. The number of rotatable bonds is 5. The zero-order chi connectivity index (χ0) is 18.8. The van der Waals surface area contributed by atoms with Crippen molar-refractivity contribution in [3.05, 3.63) is 64.0 Å². The first-order valence-corrected chi connectivity index (χ1v) is 8.48. The van der Waals surface area contributed by atoms with Crippen molar-refractivity contribution in [1.29, 1.82) is 0 Å². The third-order valence-electron chi connectivity index (χ3n) is 4.39. The predicted molar refractivity (Wildman–Crippen MR) is 103 cm³/mol. The van der Waals surface area contributed by atoms with Crippen LogP contribution in [0.2, 0.25) is 0 Å². The quantitative estimate of drug-likeness (QED) is 0.668. The first-order chi connectivity index (χ1) is 12.3. The molecule has 5 heteroatoms. The number of hydrogen-bond donors (Lipinski definition) is 2. The van der Waals surface area contributed by atoms with Crippen molar-refractivity contribution in [1.82, 2.24) is 0 Å². The number of aliphatic carboxylic acids is 1. The molecule has 0 saturated carbocycles. The Labute approximate surface area is 151 Å². The summed E-state index contributed by atoms with van der Waals surface area (Å²) in [6, 6.07) is 12.8. The third-order valence-corrected chi connectivity index (χ3v) is 4.39. The average Bonchev–Trinajstić information content (AvgIpc) is 2.53. The Kier molecular flexibility index (Phi) is 4.80. The van der Waals surface area contributed by atoms with Gasteiger partial charge in [-0.15, -0.1) is 0 Å². The summed E-state index contributed by atoms with van der Waals surface area (Å²) >= 11 is 0. The summed E-state index contributed by atoms with van der Waals surface area (Å²) < 4.78 is 5.39. The van der Waals surface area contributed by atoms with Gasteiger partial charge in [-0.3, -0.25) is 4.79 Å². The van der Waals surface area contributed by atoms with E-state index >= 15 is 0 Å². The highest BCUT2D eigenvalue weighted by molar-refractivity contribution is 5.96. The lowest BCUT2D eigenvalue weighted by molar-refractivity contribution is -0.137. The Bertz CT molecular complexity index is 1020. The Morgan fingerprint density at radius 1 is 1.15 bits per heavy atom. The first-order valence-electron chi connectivity index (χ1n) is 8.48. The molecule has 0 aliphatic carbocycles. The summed E-state index contributed by atoms with van der Waals surface area (Å²) in [6.45, 7) is 5.83. The van der Waals surface area contributed by atoms with Crippen LogP contribution in [0.25, 0.3) is 22.1 Å². The zero-order valence-electron chi connectivity index (χ0n) is 15.0. The van der Waals surface area contributed by atoms with Crippen LogP contribution in [0, 0.1) is 13.8 Å². The van der Waals surface area contributed by atoms with E-state index in [0.717, 1.165) is 27.6 Å². The Morgan fingerprint density at radius 2 is 1.85 bits per heavy atom. The van der Waals surface area contributed by atoms with Crippen LogP contribution in [0.5, 0.6) is 0 Å². The highest BCUT2D eigenvalue weighted by Crippen LogP contribution is 2.33. The molecule has 1 aromatic heterocycles. The number of carboxylic acid groups (broad SMARTS) is 1. The van der Waals surface area contributed by atoms with Gasteiger partial charge in [0.05, 0.1) is 6.42 Å². The molecule has 2 aromatic carbocycles. The van der Waals surface area contributed by atoms with Gasteiger partial charge in [0.15, 0.2) is 0 Å². The van der Waals surface area contributed by atoms with Gasteiger partial charge in [-0.1, -0.05) is 18.2 Å². The molecule has 0 bridgehead atoms. The molecule has 1 atom stereocenters. The van der Waals surface area contributed by atoms with Crippen LogP contribution in [0.4, 0.5) is 5.69 Å². The van der Waals surface area contributed by atoms with Crippen molar-refractivity contribution in [2.24, 2.45) is 0 Å². The van der Waals surface area contributed by atoms with Gasteiger partial charge in [0.1, 0.15) is 5.58 Å². The summed E-state index contributed by atoms with van der Waals surface area (Å²) in [4.78, 5) is 22.9. The molecule has 0 radical (unpaired) electrons. The Morgan fingerprint density at radius 3 is 2.50 bits per heavy atom. The second-order valence-corrected chi connectivity index (χ2v) is 6.60. The van der Waals surface area contributed by atoms with Crippen molar-refractivity contribution in [2.75, 3.05) is 5.32 Å². The van der Waals surface area contributed by atoms with Crippen LogP contribution in [-0.4, -0.2) is 17.1 Å². The van der Waals surface area contributed by atoms with Crippen molar-refractivity contribution < 1.29 is 14.3 Å². The number of benzene rings is 2. The Balaban J connectivity index is 2.10. The molecule has 26 heavy (non-hydrogen) atoms. The molecule has 0 saturated heterocycles. The predicted octanol–water partition coefficient (Wildman–Crippen LogP) is 4.35. The molecule has 0 amide bonds. The van der Waals surface area contributed by atoms with Gasteiger partial charge in [0, 0.05) is 34.8 Å². The molecule has 134 valence electrons. The average molecular weight is 351 g/mol. The van der Waals surface area contributed by atoms with E-state index < -0.39 is 11.6 Å². The molecular weight excluding hydrogens is 330 g/mol. The van der Waals surface area contributed by atoms with Gasteiger partial charge in [0.25, 0.3) is 0 Å². The molecule has 3 aromatic rings. The highest BCUT2D eigenvalue weighted by Gasteiger charge is 2.13. The molecule has 5 nitrogen and oxygen atoms in total. The second kappa shape index (κ2) is 7.04. The molecule has 2 N–H and O–H groups in total. The smallest absolute Gasteiger partial charge is 0.336 e. The van der Waals surface area contributed by atoms with Crippen LogP contribution in [0.1, 0.15) is 24.5 Å². The molecule has 0 aliphatic rings. The van der Waals surface area contributed by atoms with E-state index in [4.69, 9.17) is 9.52 Å². The van der Waals surface area contributed by atoms with E-state index in [1.54, 1.807) is 13.0 Å². The topological polar surface area (TPSA) is 79.5 Å². The minimum absolute atomic E-state index is 0.00439. The maximum absolute atomic E-state index is 12.1. The molecule has 0 fully saturated rings. The van der Waals surface area contributed by atoms with Crippen LogP contribution in [0.3, 0.4) is 0 Å². The maximum Gasteiger partial charge on any atom is 0.336 e. The monoisotopic (exact) mass is 351 g/mol. The van der Waals surface area contributed by atoms with Crippen molar-refractivity contribution in [3.8, 4) is 11.1 Å². The zero-order valence-corrected chi connectivity index (χ0v) is 15.0. The molecular formula is C21H21NO4. The number of anilines is 1. The number of nitrogens with one attached hydrogen (secondary N) is 1. The molecule has 0 unspecified atom stereocenters. The fourth-order valence-electron chi connectivity index (χ4n) is 3.30. The van der Waals surface area contributed by atoms with E-state index in [1.807, 2.05) is 44.2 Å². The third kappa shape index (κ3) is 3.61. The van der Waals surface area contributed by atoms with E-state index in [2.05, 4.69) is 5.32 Å². The van der Waals surface area contributed by atoms with E-state index in [-0.39, 0.29) is 12.5 Å². The van der Waals surface area contributed by atoms with Gasteiger partial charge in [-0.25, -0.2) is 4.79 Å². The lowest BCUT2D eigenvalue weighted by Crippen LogP contribution is -2.19. The van der Waals surface area contributed by atoms with Gasteiger partial charge in [-0.05, 0) is 49.6 Å². The first kappa shape index (κ1) is 17.7. The van der Waals surface area contributed by atoms with Crippen molar-refractivity contribution >= 4 is 22.6 Å². The lowest BCUT2D eigenvalue weighted by atomic mass is 9.94. The number of fused-ring (bicyclic) bond motifs is 1. The fourth-order valence-corrected chi connectivity index (χ4v) is 3.30.